The molecule has 0 saturated heterocycles. The molecular formula is C7H8N6O3S. The summed E-state index contributed by atoms with van der Waals surface area (Å²) in [5.74, 6) is -0.840. The van der Waals surface area contributed by atoms with Crippen molar-refractivity contribution in [1.29, 1.82) is 0 Å². The second-order valence-electron chi connectivity index (χ2n) is 2.78. The normalized spacial score (nSPS) is 10.5. The molecule has 10 heteroatoms. The van der Waals surface area contributed by atoms with Crippen LogP contribution in [0.4, 0.5) is 0 Å². The Balaban J connectivity index is 2.09. The van der Waals surface area contributed by atoms with Gasteiger partial charge in [0.2, 0.25) is 5.16 Å². The topological polar surface area (TPSA) is 109 Å². The zero-order valence-electron chi connectivity index (χ0n) is 9.02. The maximum atomic E-state index is 11.3. The van der Waals surface area contributed by atoms with Crippen LogP contribution < -0.4 is 0 Å². The fraction of sp³-hybridized carbons (Fsp3) is 0.429. The number of aryl methyl sites for hydroxylation is 1. The van der Waals surface area contributed by atoms with E-state index in [0.29, 0.717) is 5.16 Å². The van der Waals surface area contributed by atoms with E-state index in [0.717, 1.165) is 11.8 Å². The van der Waals surface area contributed by atoms with Crippen molar-refractivity contribution >= 4 is 17.7 Å². The Morgan fingerprint density at radius 1 is 1.47 bits per heavy atom. The summed E-state index contributed by atoms with van der Waals surface area (Å²) in [6, 6.07) is 0. The maximum Gasteiger partial charge on any atom is 0.396 e. The first-order valence-corrected chi connectivity index (χ1v) is 5.43. The fourth-order valence-corrected chi connectivity index (χ4v) is 1.52. The summed E-state index contributed by atoms with van der Waals surface area (Å²) in [7, 11) is 1.67. The highest BCUT2D eigenvalue weighted by Gasteiger charge is 2.17. The van der Waals surface area contributed by atoms with E-state index >= 15 is 0 Å². The van der Waals surface area contributed by atoms with E-state index in [-0.39, 0.29) is 17.7 Å². The molecule has 17 heavy (non-hydrogen) atoms. The van der Waals surface area contributed by atoms with Crippen molar-refractivity contribution in [1.82, 2.24) is 30.4 Å². The lowest BCUT2D eigenvalue weighted by atomic mass is 10.7. The van der Waals surface area contributed by atoms with E-state index < -0.39 is 5.97 Å². The van der Waals surface area contributed by atoms with Crippen LogP contribution in [-0.2, 0) is 11.8 Å². The van der Waals surface area contributed by atoms with Gasteiger partial charge in [0.25, 0.3) is 5.22 Å². The Labute approximate surface area is 99.5 Å². The molecule has 0 aliphatic heterocycles. The molecule has 0 radical (unpaired) electrons. The Bertz CT molecular complexity index is 523. The van der Waals surface area contributed by atoms with Gasteiger partial charge in [0.1, 0.15) is 0 Å². The Kier molecular flexibility index (Phi) is 3.32. The van der Waals surface area contributed by atoms with Crippen molar-refractivity contribution in [3.05, 3.63) is 5.89 Å². The molecule has 0 atom stereocenters. The second kappa shape index (κ2) is 4.91. The van der Waals surface area contributed by atoms with Gasteiger partial charge in [-0.15, -0.1) is 10.2 Å². The van der Waals surface area contributed by atoms with E-state index in [4.69, 9.17) is 9.15 Å². The van der Waals surface area contributed by atoms with E-state index in [9.17, 15) is 4.79 Å². The number of carbonyl (C=O) groups is 1. The lowest BCUT2D eigenvalue weighted by Crippen LogP contribution is -2.04. The average molecular weight is 256 g/mol. The zero-order valence-corrected chi connectivity index (χ0v) is 9.84. The number of carbonyl (C=O) groups excluding carboxylic acids is 1. The van der Waals surface area contributed by atoms with Crippen LogP contribution in [0, 0.1) is 0 Å². The van der Waals surface area contributed by atoms with Crippen LogP contribution in [0.1, 0.15) is 17.6 Å². The molecule has 2 rings (SSSR count). The largest absolute Gasteiger partial charge is 0.459 e. The third-order valence-electron chi connectivity index (χ3n) is 1.62. The Morgan fingerprint density at radius 3 is 2.94 bits per heavy atom. The first-order chi connectivity index (χ1) is 8.20. The highest BCUT2D eigenvalue weighted by atomic mass is 32.2. The average Bonchev–Trinajstić information content (AvgIpc) is 2.90. The zero-order chi connectivity index (χ0) is 12.3. The predicted octanol–water partition coefficient (Wildman–Crippen LogP) is -0.0790. The van der Waals surface area contributed by atoms with Crippen LogP contribution in [0.2, 0.25) is 0 Å². The minimum absolute atomic E-state index is 0.172. The highest BCUT2D eigenvalue weighted by molar-refractivity contribution is 7.98. The second-order valence-corrected chi connectivity index (χ2v) is 3.70. The van der Waals surface area contributed by atoms with Gasteiger partial charge in [-0.1, -0.05) is 5.10 Å². The van der Waals surface area contributed by atoms with Gasteiger partial charge < -0.3 is 9.15 Å². The number of ether oxygens (including phenoxy) is 1. The molecule has 0 aromatic carbocycles. The summed E-state index contributed by atoms with van der Waals surface area (Å²) in [5, 5.41) is 18.7. The summed E-state index contributed by atoms with van der Waals surface area (Å²) in [6.07, 6.45) is 0. The van der Waals surface area contributed by atoms with Gasteiger partial charge in [0.05, 0.1) is 6.61 Å². The van der Waals surface area contributed by atoms with Crippen molar-refractivity contribution in [3.8, 4) is 0 Å². The number of rotatable bonds is 4. The van der Waals surface area contributed by atoms with Crippen molar-refractivity contribution in [2.45, 2.75) is 17.3 Å². The van der Waals surface area contributed by atoms with Crippen molar-refractivity contribution in [2.75, 3.05) is 6.61 Å². The first kappa shape index (κ1) is 11.5. The predicted molar refractivity (Wildman–Crippen MR) is 53.2 cm³/mol. The molecule has 0 bridgehead atoms. The minimum atomic E-state index is -0.650. The van der Waals surface area contributed by atoms with Gasteiger partial charge >= 0.3 is 11.9 Å². The standard InChI is InChI=1S/C7H8N6O3S/c1-3-15-5(14)4-8-10-7(16-4)17-6-9-11-12-13(6)2/h3H2,1-2H3. The summed E-state index contributed by atoms with van der Waals surface area (Å²) in [5.41, 5.74) is 0. The monoisotopic (exact) mass is 256 g/mol. The molecule has 0 N–H and O–H groups in total. The van der Waals surface area contributed by atoms with Gasteiger partial charge in [-0.3, -0.25) is 0 Å². The molecule has 0 amide bonds. The number of hydrogen-bond donors (Lipinski definition) is 0. The number of aromatic nitrogens is 6. The molecular weight excluding hydrogens is 248 g/mol. The van der Waals surface area contributed by atoms with Gasteiger partial charge in [0, 0.05) is 18.8 Å². The summed E-state index contributed by atoms with van der Waals surface area (Å²) in [4.78, 5) is 11.3. The van der Waals surface area contributed by atoms with Crippen LogP contribution >= 0.6 is 11.8 Å². The molecule has 0 aliphatic carbocycles. The van der Waals surface area contributed by atoms with Crippen LogP contribution in [0.25, 0.3) is 0 Å². The van der Waals surface area contributed by atoms with Gasteiger partial charge in [-0.25, -0.2) is 9.48 Å². The van der Waals surface area contributed by atoms with Crippen LogP contribution in [0.3, 0.4) is 0 Å². The number of esters is 1. The Hall–Kier alpha value is -1.97. The first-order valence-electron chi connectivity index (χ1n) is 4.61. The molecule has 2 heterocycles. The van der Waals surface area contributed by atoms with Crippen molar-refractivity contribution in [3.63, 3.8) is 0 Å². The Morgan fingerprint density at radius 2 is 2.29 bits per heavy atom. The fourth-order valence-electron chi connectivity index (χ4n) is 0.912. The van der Waals surface area contributed by atoms with Crippen LogP contribution in [-0.4, -0.2) is 43.0 Å². The third kappa shape index (κ3) is 2.58. The van der Waals surface area contributed by atoms with E-state index in [1.165, 1.54) is 4.68 Å². The molecule has 0 spiro atoms. The summed E-state index contributed by atoms with van der Waals surface area (Å²) >= 11 is 1.06. The molecule has 0 fully saturated rings. The van der Waals surface area contributed by atoms with Gasteiger partial charge in [0.15, 0.2) is 0 Å². The summed E-state index contributed by atoms with van der Waals surface area (Å²) in [6.45, 7) is 1.94. The lowest BCUT2D eigenvalue weighted by Gasteiger charge is -1.94. The quantitative estimate of drug-likeness (QED) is 0.693. The molecule has 9 nitrogen and oxygen atoms in total. The maximum absolute atomic E-state index is 11.3. The molecule has 90 valence electrons. The highest BCUT2D eigenvalue weighted by Crippen LogP contribution is 2.23. The number of tetrazole rings is 1. The van der Waals surface area contributed by atoms with Crippen molar-refractivity contribution in [2.24, 2.45) is 7.05 Å². The molecule has 0 aliphatic rings. The van der Waals surface area contributed by atoms with Gasteiger partial charge in [-0.2, -0.15) is 0 Å². The summed E-state index contributed by atoms with van der Waals surface area (Å²) < 4.78 is 11.2. The molecule has 0 saturated carbocycles. The molecule has 2 aromatic heterocycles. The minimum Gasteiger partial charge on any atom is -0.459 e. The van der Waals surface area contributed by atoms with Crippen LogP contribution in [0.15, 0.2) is 14.8 Å². The molecule has 0 unspecified atom stereocenters. The van der Waals surface area contributed by atoms with E-state index in [2.05, 4.69) is 25.7 Å². The number of hydrogen-bond acceptors (Lipinski definition) is 9. The van der Waals surface area contributed by atoms with Crippen molar-refractivity contribution < 1.29 is 13.9 Å². The third-order valence-corrected chi connectivity index (χ3v) is 2.48. The SMILES string of the molecule is CCOC(=O)c1nnc(Sc2nnnn2C)o1. The van der Waals surface area contributed by atoms with Gasteiger partial charge in [-0.05, 0) is 17.4 Å². The number of nitrogens with zero attached hydrogens (tertiary/aromatic N) is 6. The molecule has 2 aromatic rings. The lowest BCUT2D eigenvalue weighted by molar-refractivity contribution is 0.0475. The van der Waals surface area contributed by atoms with E-state index in [1.807, 2.05) is 0 Å². The van der Waals surface area contributed by atoms with Crippen LogP contribution in [0.5, 0.6) is 0 Å². The van der Waals surface area contributed by atoms with E-state index in [1.54, 1.807) is 14.0 Å². The smallest absolute Gasteiger partial charge is 0.396 e.